The van der Waals surface area contributed by atoms with Gasteiger partial charge in [-0.2, -0.15) is 0 Å². The van der Waals surface area contributed by atoms with E-state index >= 15 is 0 Å². The van der Waals surface area contributed by atoms with E-state index < -0.39 is 12.2 Å². The van der Waals surface area contributed by atoms with Gasteiger partial charge in [0.1, 0.15) is 5.75 Å². The van der Waals surface area contributed by atoms with Crippen molar-refractivity contribution in [1.29, 1.82) is 0 Å². The average Bonchev–Trinajstić information content (AvgIpc) is 3.19. The number of fused-ring (bicyclic) bond motifs is 1. The molecule has 0 aliphatic heterocycles. The van der Waals surface area contributed by atoms with Crippen LogP contribution in [0.25, 0.3) is 10.9 Å². The fourth-order valence-corrected chi connectivity index (χ4v) is 3.46. The maximum atomic E-state index is 12.3. The van der Waals surface area contributed by atoms with Crippen molar-refractivity contribution in [2.45, 2.75) is 39.4 Å². The molecule has 2 atom stereocenters. The Balaban J connectivity index is 1.63. The number of aromatic amines is 1. The van der Waals surface area contributed by atoms with Crippen molar-refractivity contribution in [1.82, 2.24) is 15.3 Å². The van der Waals surface area contributed by atoms with E-state index in [1.54, 1.807) is 19.3 Å². The summed E-state index contributed by atoms with van der Waals surface area (Å²) in [5.41, 5.74) is 2.80. The van der Waals surface area contributed by atoms with Gasteiger partial charge in [0.2, 0.25) is 0 Å². The topological polar surface area (TPSA) is 96.5 Å². The summed E-state index contributed by atoms with van der Waals surface area (Å²) in [5, 5.41) is 14.6. The summed E-state index contributed by atoms with van der Waals surface area (Å²) in [5.74, 6) is 0.271. The van der Waals surface area contributed by atoms with Crippen LogP contribution in [0.3, 0.4) is 0 Å². The minimum atomic E-state index is -0.659. The molecular formula is C24H31N3O4. The Kier molecular flexibility index (Phi) is 8.03. The zero-order valence-corrected chi connectivity index (χ0v) is 18.3. The molecule has 3 aromatic rings. The van der Waals surface area contributed by atoms with Crippen molar-refractivity contribution < 1.29 is 19.4 Å². The first-order chi connectivity index (χ1) is 15.0. The number of hydrogen-bond donors (Lipinski definition) is 3. The number of pyridine rings is 1. The van der Waals surface area contributed by atoms with E-state index in [4.69, 9.17) is 9.47 Å². The minimum absolute atomic E-state index is 0.0146. The van der Waals surface area contributed by atoms with Gasteiger partial charge in [-0.1, -0.05) is 32.0 Å². The van der Waals surface area contributed by atoms with Crippen molar-refractivity contribution in [3.8, 4) is 5.75 Å². The largest absolute Gasteiger partial charge is 0.476 e. The molecule has 0 aliphatic carbocycles. The minimum Gasteiger partial charge on any atom is -0.476 e. The number of esters is 1. The van der Waals surface area contributed by atoms with Gasteiger partial charge in [0.15, 0.2) is 6.10 Å². The number of para-hydroxylation sites is 1. The number of benzene rings is 1. The summed E-state index contributed by atoms with van der Waals surface area (Å²) >= 11 is 0. The van der Waals surface area contributed by atoms with E-state index in [0.29, 0.717) is 25.4 Å². The fourth-order valence-electron chi connectivity index (χ4n) is 3.46. The predicted molar refractivity (Wildman–Crippen MR) is 120 cm³/mol. The zero-order valence-electron chi connectivity index (χ0n) is 18.3. The molecule has 0 fully saturated rings. The zero-order chi connectivity index (χ0) is 22.2. The second-order valence-corrected chi connectivity index (χ2v) is 7.78. The Hall–Kier alpha value is -2.90. The smallest absolute Gasteiger partial charge is 0.347 e. The van der Waals surface area contributed by atoms with Crippen LogP contribution in [0.5, 0.6) is 5.75 Å². The Labute approximate surface area is 182 Å². The number of carbonyl (C=O) groups excluding carboxylic acids is 1. The van der Waals surface area contributed by atoms with Gasteiger partial charge < -0.3 is 24.9 Å². The van der Waals surface area contributed by atoms with Crippen molar-refractivity contribution in [3.05, 3.63) is 60.0 Å². The second kappa shape index (κ2) is 10.9. The lowest BCUT2D eigenvalue weighted by atomic mass is 10.1. The number of aliphatic hydroxyl groups is 1. The van der Waals surface area contributed by atoms with Gasteiger partial charge in [-0.05, 0) is 37.6 Å². The monoisotopic (exact) mass is 425 g/mol. The average molecular weight is 426 g/mol. The van der Waals surface area contributed by atoms with Crippen LogP contribution in [0.4, 0.5) is 0 Å². The number of carbonyl (C=O) groups is 1. The van der Waals surface area contributed by atoms with Crippen LogP contribution in [0.2, 0.25) is 0 Å². The quantitative estimate of drug-likeness (QED) is 0.322. The summed E-state index contributed by atoms with van der Waals surface area (Å²) in [6, 6.07) is 9.50. The number of aromatic nitrogens is 2. The Morgan fingerprint density at radius 2 is 2.10 bits per heavy atom. The molecule has 166 valence electrons. The van der Waals surface area contributed by atoms with E-state index in [0.717, 1.165) is 28.5 Å². The van der Waals surface area contributed by atoms with Crippen LogP contribution in [-0.4, -0.2) is 46.8 Å². The van der Waals surface area contributed by atoms with Crippen molar-refractivity contribution in [2.75, 3.05) is 19.7 Å². The highest BCUT2D eigenvalue weighted by Crippen LogP contribution is 2.29. The molecule has 1 aromatic carbocycles. The van der Waals surface area contributed by atoms with E-state index in [9.17, 15) is 9.90 Å². The highest BCUT2D eigenvalue weighted by atomic mass is 16.6. The summed E-state index contributed by atoms with van der Waals surface area (Å²) in [4.78, 5) is 19.6. The maximum Gasteiger partial charge on any atom is 0.347 e. The number of ether oxygens (including phenoxy) is 2. The van der Waals surface area contributed by atoms with Gasteiger partial charge in [-0.15, -0.1) is 0 Å². The molecule has 7 heteroatoms. The van der Waals surface area contributed by atoms with Crippen LogP contribution >= 0.6 is 0 Å². The first-order valence-corrected chi connectivity index (χ1v) is 10.7. The van der Waals surface area contributed by atoms with Crippen molar-refractivity contribution in [3.63, 3.8) is 0 Å². The third-order valence-electron chi connectivity index (χ3n) is 5.12. The Bertz CT molecular complexity index is 971. The van der Waals surface area contributed by atoms with E-state index in [-0.39, 0.29) is 11.9 Å². The van der Waals surface area contributed by atoms with Gasteiger partial charge in [0.05, 0.1) is 18.2 Å². The fraction of sp³-hybridized carbons (Fsp3) is 0.417. The number of aliphatic hydroxyl groups excluding tert-OH is 1. The first-order valence-electron chi connectivity index (χ1n) is 10.7. The molecule has 7 nitrogen and oxygen atoms in total. The van der Waals surface area contributed by atoms with E-state index in [1.165, 1.54) is 0 Å². The van der Waals surface area contributed by atoms with Gasteiger partial charge in [0.25, 0.3) is 0 Å². The first kappa shape index (κ1) is 22.8. The molecule has 0 radical (unpaired) electrons. The summed E-state index contributed by atoms with van der Waals surface area (Å²) < 4.78 is 11.2. The molecular weight excluding hydrogens is 394 g/mol. The van der Waals surface area contributed by atoms with E-state index in [1.807, 2.05) is 50.4 Å². The third kappa shape index (κ3) is 5.83. The third-order valence-corrected chi connectivity index (χ3v) is 5.12. The predicted octanol–water partition coefficient (Wildman–Crippen LogP) is 3.40. The number of nitrogens with one attached hydrogen (secondary N) is 2. The van der Waals surface area contributed by atoms with Gasteiger partial charge in [-0.3, -0.25) is 4.98 Å². The number of rotatable bonds is 11. The maximum absolute atomic E-state index is 12.3. The highest BCUT2D eigenvalue weighted by molar-refractivity contribution is 5.89. The lowest BCUT2D eigenvalue weighted by Crippen LogP contribution is -2.34. The Morgan fingerprint density at radius 3 is 2.81 bits per heavy atom. The van der Waals surface area contributed by atoms with Crippen LogP contribution < -0.4 is 10.1 Å². The molecule has 2 aromatic heterocycles. The van der Waals surface area contributed by atoms with Crippen molar-refractivity contribution >= 4 is 16.9 Å². The van der Waals surface area contributed by atoms with Crippen LogP contribution in [0, 0.1) is 5.92 Å². The molecule has 0 unspecified atom stereocenters. The van der Waals surface area contributed by atoms with E-state index in [2.05, 4.69) is 15.3 Å². The highest BCUT2D eigenvalue weighted by Gasteiger charge is 2.26. The molecule has 31 heavy (non-hydrogen) atoms. The van der Waals surface area contributed by atoms with Gasteiger partial charge in [-0.25, -0.2) is 4.79 Å². The van der Waals surface area contributed by atoms with Crippen LogP contribution in [-0.2, 0) is 16.0 Å². The lowest BCUT2D eigenvalue weighted by molar-refractivity contribution is -0.153. The van der Waals surface area contributed by atoms with Crippen LogP contribution in [0.1, 0.15) is 38.0 Å². The summed E-state index contributed by atoms with van der Waals surface area (Å²) in [6.07, 6.45) is 4.86. The molecule has 0 saturated heterocycles. The molecule has 0 aliphatic rings. The molecule has 0 spiro atoms. The van der Waals surface area contributed by atoms with Gasteiger partial charge >= 0.3 is 5.97 Å². The number of hydrogen-bond acceptors (Lipinski definition) is 6. The summed E-state index contributed by atoms with van der Waals surface area (Å²) in [6.45, 7) is 7.16. The standard InChI is InChI=1S/C24H31N3O4/c1-4-30-24(29)23(16(2)3)31-21-9-5-8-19-17(14-27-22(19)21)10-12-26-15-20(28)18-7-6-11-25-13-18/h5-9,11,13-14,16,20,23,26-28H,4,10,12,15H2,1-3H3/t20-,23-/m0/s1. The molecule has 3 rings (SSSR count). The Morgan fingerprint density at radius 1 is 1.26 bits per heavy atom. The molecule has 0 bridgehead atoms. The SMILES string of the molecule is CCOC(=O)[C@@H](Oc1cccc2c(CCNC[C@H](O)c3cccnc3)c[nH]c12)C(C)C. The molecule has 0 saturated carbocycles. The van der Waals surface area contributed by atoms with Crippen LogP contribution in [0.15, 0.2) is 48.9 Å². The lowest BCUT2D eigenvalue weighted by Gasteiger charge is -2.21. The second-order valence-electron chi connectivity index (χ2n) is 7.78. The number of nitrogens with zero attached hydrogens (tertiary/aromatic N) is 1. The normalized spacial score (nSPS) is 13.3. The van der Waals surface area contributed by atoms with Gasteiger partial charge in [0, 0.05) is 42.0 Å². The molecule has 0 amide bonds. The van der Waals surface area contributed by atoms with Crippen molar-refractivity contribution in [2.24, 2.45) is 5.92 Å². The molecule has 3 N–H and O–H groups in total. The summed E-state index contributed by atoms with van der Waals surface area (Å²) in [7, 11) is 0. The molecule has 2 heterocycles. The number of H-pyrrole nitrogens is 1.